The van der Waals surface area contributed by atoms with Crippen LogP contribution in [0.2, 0.25) is 0 Å². The summed E-state index contributed by atoms with van der Waals surface area (Å²) in [6.45, 7) is 1.77. The zero-order valence-electron chi connectivity index (χ0n) is 9.79. The molecule has 2 rings (SSSR count). The second-order valence-corrected chi connectivity index (χ2v) is 8.77. The second kappa shape index (κ2) is 4.11. The van der Waals surface area contributed by atoms with Gasteiger partial charge in [0.25, 0.3) is 9.05 Å². The Bertz CT molecular complexity index is 697. The first-order chi connectivity index (χ1) is 8.10. The summed E-state index contributed by atoms with van der Waals surface area (Å²) in [6.07, 6.45) is 1.60. The molecule has 1 heterocycles. The molecule has 100 valence electrons. The van der Waals surface area contributed by atoms with Gasteiger partial charge in [0.2, 0.25) is 10.0 Å². The van der Waals surface area contributed by atoms with Gasteiger partial charge >= 0.3 is 0 Å². The zero-order chi connectivity index (χ0) is 13.7. The molecule has 1 aromatic carbocycles. The molecule has 0 radical (unpaired) electrons. The highest BCUT2D eigenvalue weighted by atomic mass is 35.7. The minimum atomic E-state index is -3.79. The maximum atomic E-state index is 11.7. The van der Waals surface area contributed by atoms with Crippen LogP contribution in [-0.4, -0.2) is 29.1 Å². The summed E-state index contributed by atoms with van der Waals surface area (Å²) in [5, 5.41) is 0. The van der Waals surface area contributed by atoms with Crippen LogP contribution in [0.4, 0.5) is 5.69 Å². The summed E-state index contributed by atoms with van der Waals surface area (Å²) in [6, 6.07) is 4.01. The van der Waals surface area contributed by atoms with E-state index >= 15 is 0 Å². The maximum Gasteiger partial charge on any atom is 0.261 e. The van der Waals surface area contributed by atoms with Crippen LogP contribution in [0.1, 0.15) is 12.5 Å². The van der Waals surface area contributed by atoms with Crippen LogP contribution in [0.5, 0.6) is 0 Å². The molecule has 1 aromatic rings. The molecule has 8 heteroatoms. The lowest BCUT2D eigenvalue weighted by molar-refractivity contribution is 0.590. The molecule has 1 atom stereocenters. The van der Waals surface area contributed by atoms with Gasteiger partial charge in [-0.25, -0.2) is 16.8 Å². The first-order valence-electron chi connectivity index (χ1n) is 5.17. The van der Waals surface area contributed by atoms with Gasteiger partial charge in [-0.15, -0.1) is 0 Å². The SMILES string of the molecule is CC1Cc2cc(S(=O)(=O)Cl)ccc2N1S(C)(=O)=O. The molecule has 1 aliphatic rings. The third-order valence-electron chi connectivity index (χ3n) is 2.84. The van der Waals surface area contributed by atoms with E-state index in [9.17, 15) is 16.8 Å². The molecule has 1 unspecified atom stereocenters. The summed E-state index contributed by atoms with van der Waals surface area (Å²) in [5.41, 5.74) is 1.20. The summed E-state index contributed by atoms with van der Waals surface area (Å²) < 4.78 is 47.1. The summed E-state index contributed by atoms with van der Waals surface area (Å²) in [7, 11) is -1.89. The molecule has 1 aliphatic heterocycles. The van der Waals surface area contributed by atoms with Gasteiger partial charge in [0, 0.05) is 16.7 Å². The van der Waals surface area contributed by atoms with E-state index in [-0.39, 0.29) is 10.9 Å². The molecule has 0 saturated carbocycles. The third kappa shape index (κ3) is 2.34. The van der Waals surface area contributed by atoms with E-state index in [0.717, 1.165) is 6.26 Å². The standard InChI is InChI=1S/C10H12ClNO4S2/c1-7-5-8-6-9(18(11,15)16)3-4-10(8)12(7)17(2,13)14/h3-4,6-7H,5H2,1-2H3. The number of rotatable bonds is 2. The van der Waals surface area contributed by atoms with Crippen molar-refractivity contribution in [2.24, 2.45) is 0 Å². The zero-order valence-corrected chi connectivity index (χ0v) is 12.2. The van der Waals surface area contributed by atoms with Gasteiger partial charge < -0.3 is 0 Å². The van der Waals surface area contributed by atoms with Crippen LogP contribution in [0, 0.1) is 0 Å². The highest BCUT2D eigenvalue weighted by Gasteiger charge is 2.33. The third-order valence-corrected chi connectivity index (χ3v) is 5.47. The smallest absolute Gasteiger partial charge is 0.261 e. The van der Waals surface area contributed by atoms with Crippen molar-refractivity contribution in [3.05, 3.63) is 23.8 Å². The number of fused-ring (bicyclic) bond motifs is 1. The molecule has 0 bridgehead atoms. The first kappa shape index (κ1) is 13.6. The summed E-state index contributed by atoms with van der Waals surface area (Å²) in [4.78, 5) is -0.00883. The van der Waals surface area contributed by atoms with E-state index in [2.05, 4.69) is 0 Å². The maximum absolute atomic E-state index is 11.7. The Kier molecular flexibility index (Phi) is 3.11. The lowest BCUT2D eigenvalue weighted by Gasteiger charge is -2.21. The predicted octanol–water partition coefficient (Wildman–Crippen LogP) is 1.32. The lowest BCUT2D eigenvalue weighted by atomic mass is 10.1. The van der Waals surface area contributed by atoms with E-state index < -0.39 is 19.1 Å². The molecule has 0 aliphatic carbocycles. The molecule has 18 heavy (non-hydrogen) atoms. The van der Waals surface area contributed by atoms with E-state index in [1.165, 1.54) is 22.5 Å². The number of halogens is 1. The Morgan fingerprint density at radius 1 is 1.28 bits per heavy atom. The van der Waals surface area contributed by atoms with Crippen molar-refractivity contribution in [1.29, 1.82) is 0 Å². The van der Waals surface area contributed by atoms with Gasteiger partial charge in [0.05, 0.1) is 16.8 Å². The fraction of sp³-hybridized carbons (Fsp3) is 0.400. The van der Waals surface area contributed by atoms with E-state index in [1.807, 2.05) is 0 Å². The number of sulfonamides is 1. The predicted molar refractivity (Wildman–Crippen MR) is 70.0 cm³/mol. The first-order valence-corrected chi connectivity index (χ1v) is 9.33. The fourth-order valence-electron chi connectivity index (χ4n) is 2.24. The van der Waals surface area contributed by atoms with Crippen molar-refractivity contribution < 1.29 is 16.8 Å². The van der Waals surface area contributed by atoms with Gasteiger partial charge in [0.15, 0.2) is 0 Å². The average Bonchev–Trinajstić information content (AvgIpc) is 2.49. The highest BCUT2D eigenvalue weighted by Crippen LogP contribution is 2.35. The Labute approximate surface area is 111 Å². The Hall–Kier alpha value is -0.790. The average molecular weight is 310 g/mol. The Morgan fingerprint density at radius 3 is 2.39 bits per heavy atom. The van der Waals surface area contributed by atoms with Crippen molar-refractivity contribution >= 4 is 35.4 Å². The van der Waals surface area contributed by atoms with E-state index in [4.69, 9.17) is 10.7 Å². The lowest BCUT2D eigenvalue weighted by Crippen LogP contribution is -2.34. The minimum absolute atomic E-state index is 0.00883. The van der Waals surface area contributed by atoms with E-state index in [0.29, 0.717) is 17.7 Å². The largest absolute Gasteiger partial charge is 0.267 e. The van der Waals surface area contributed by atoms with Gasteiger partial charge in [-0.1, -0.05) is 0 Å². The molecule has 0 amide bonds. The molecule has 0 fully saturated rings. The number of anilines is 1. The molecular weight excluding hydrogens is 298 g/mol. The molecule has 0 aromatic heterocycles. The van der Waals surface area contributed by atoms with Crippen molar-refractivity contribution in [3.8, 4) is 0 Å². The van der Waals surface area contributed by atoms with E-state index in [1.54, 1.807) is 6.92 Å². The Morgan fingerprint density at radius 2 is 1.89 bits per heavy atom. The topological polar surface area (TPSA) is 71.5 Å². The van der Waals surface area contributed by atoms with Gasteiger partial charge in [-0.2, -0.15) is 0 Å². The summed E-state index contributed by atoms with van der Waals surface area (Å²) in [5.74, 6) is 0. The number of hydrogen-bond acceptors (Lipinski definition) is 4. The van der Waals surface area contributed by atoms with Gasteiger partial charge in [-0.05, 0) is 37.1 Å². The van der Waals surface area contributed by atoms with Gasteiger partial charge in [-0.3, -0.25) is 4.31 Å². The molecular formula is C10H12ClNO4S2. The monoisotopic (exact) mass is 309 g/mol. The van der Waals surface area contributed by atoms with Crippen LogP contribution < -0.4 is 4.31 Å². The normalized spacial score (nSPS) is 19.9. The molecule has 0 spiro atoms. The molecule has 0 N–H and O–H groups in total. The van der Waals surface area contributed by atoms with Crippen LogP contribution in [0.3, 0.4) is 0 Å². The fourth-order valence-corrected chi connectivity index (χ4v) is 4.30. The number of nitrogens with zero attached hydrogens (tertiary/aromatic N) is 1. The Balaban J connectivity index is 2.58. The van der Waals surface area contributed by atoms with Crippen molar-refractivity contribution in [1.82, 2.24) is 0 Å². The van der Waals surface area contributed by atoms with Crippen molar-refractivity contribution in [2.75, 3.05) is 10.6 Å². The van der Waals surface area contributed by atoms with Crippen LogP contribution in [0.15, 0.2) is 23.1 Å². The highest BCUT2D eigenvalue weighted by molar-refractivity contribution is 8.13. The number of benzene rings is 1. The van der Waals surface area contributed by atoms with Crippen LogP contribution in [0.25, 0.3) is 0 Å². The molecule has 0 saturated heterocycles. The van der Waals surface area contributed by atoms with Gasteiger partial charge in [0.1, 0.15) is 0 Å². The van der Waals surface area contributed by atoms with Crippen molar-refractivity contribution in [2.45, 2.75) is 24.3 Å². The van der Waals surface area contributed by atoms with Crippen LogP contribution >= 0.6 is 10.7 Å². The van der Waals surface area contributed by atoms with Crippen molar-refractivity contribution in [3.63, 3.8) is 0 Å². The second-order valence-electron chi connectivity index (χ2n) is 4.34. The minimum Gasteiger partial charge on any atom is -0.267 e. The quantitative estimate of drug-likeness (QED) is 0.773. The molecule has 5 nitrogen and oxygen atoms in total. The summed E-state index contributed by atoms with van der Waals surface area (Å²) >= 11 is 0. The number of hydrogen-bond donors (Lipinski definition) is 0. The van der Waals surface area contributed by atoms with Crippen LogP contribution in [-0.2, 0) is 25.5 Å².